The number of likely N-dealkylation sites (tertiary alicyclic amines) is 1. The smallest absolute Gasteiger partial charge is 0.322 e. The van der Waals surface area contributed by atoms with Crippen molar-refractivity contribution in [2.45, 2.75) is 45.7 Å². The van der Waals surface area contributed by atoms with Crippen LogP contribution in [0.25, 0.3) is 0 Å². The summed E-state index contributed by atoms with van der Waals surface area (Å²) in [6, 6.07) is -0.395. The topological polar surface area (TPSA) is 104 Å². The second kappa shape index (κ2) is 9.57. The fraction of sp³-hybridized carbons (Fsp3) is 0.667. The lowest BCUT2D eigenvalue weighted by Crippen LogP contribution is -2.55. The molecular formula is C18H30IN7O2. The van der Waals surface area contributed by atoms with E-state index in [-0.39, 0.29) is 35.8 Å². The van der Waals surface area contributed by atoms with Gasteiger partial charge in [0, 0.05) is 25.8 Å². The molecule has 10 heteroatoms. The van der Waals surface area contributed by atoms with Gasteiger partial charge in [0.2, 0.25) is 0 Å². The number of amides is 3. The first-order chi connectivity index (χ1) is 12.9. The van der Waals surface area contributed by atoms with Crippen LogP contribution in [0.2, 0.25) is 0 Å². The fourth-order valence-corrected chi connectivity index (χ4v) is 3.79. The summed E-state index contributed by atoms with van der Waals surface area (Å²) in [6.07, 6.45) is 5.51. The predicted octanol–water partition coefficient (Wildman–Crippen LogP) is 1.09. The first-order valence-electron chi connectivity index (χ1n) is 9.58. The van der Waals surface area contributed by atoms with Gasteiger partial charge in [-0.25, -0.2) is 4.79 Å². The van der Waals surface area contributed by atoms with Crippen LogP contribution in [0.4, 0.5) is 4.79 Å². The number of halogens is 1. The van der Waals surface area contributed by atoms with Crippen LogP contribution in [0, 0.1) is 12.8 Å². The van der Waals surface area contributed by atoms with Crippen LogP contribution in [0.5, 0.6) is 0 Å². The van der Waals surface area contributed by atoms with E-state index in [0.717, 1.165) is 50.5 Å². The molecule has 28 heavy (non-hydrogen) atoms. The number of imide groups is 1. The van der Waals surface area contributed by atoms with Gasteiger partial charge in [0.1, 0.15) is 5.54 Å². The first kappa shape index (κ1) is 22.4. The third kappa shape index (κ3) is 4.95. The zero-order valence-corrected chi connectivity index (χ0v) is 19.0. The summed E-state index contributed by atoms with van der Waals surface area (Å²) in [6.45, 7) is 9.69. The van der Waals surface area contributed by atoms with Crippen molar-refractivity contribution in [2.24, 2.45) is 10.9 Å². The van der Waals surface area contributed by atoms with E-state index in [4.69, 9.17) is 4.99 Å². The molecule has 1 atom stereocenters. The highest BCUT2D eigenvalue weighted by Gasteiger charge is 2.48. The minimum absolute atomic E-state index is 0. The van der Waals surface area contributed by atoms with Crippen LogP contribution in [0.15, 0.2) is 17.4 Å². The van der Waals surface area contributed by atoms with E-state index in [1.54, 1.807) is 0 Å². The molecule has 3 heterocycles. The Bertz CT molecular complexity index is 727. The lowest BCUT2D eigenvalue weighted by atomic mass is 9.79. The molecule has 1 aromatic heterocycles. The van der Waals surface area contributed by atoms with E-state index in [0.29, 0.717) is 6.54 Å². The van der Waals surface area contributed by atoms with Gasteiger partial charge >= 0.3 is 6.03 Å². The summed E-state index contributed by atoms with van der Waals surface area (Å²) in [7, 11) is 0. The number of aromatic nitrogens is 2. The minimum Gasteiger partial charge on any atom is -0.357 e. The second-order valence-corrected chi connectivity index (χ2v) is 7.39. The second-order valence-electron chi connectivity index (χ2n) is 7.39. The molecule has 156 valence electrons. The van der Waals surface area contributed by atoms with Crippen molar-refractivity contribution in [3.8, 4) is 0 Å². The average Bonchev–Trinajstić information content (AvgIpc) is 3.17. The van der Waals surface area contributed by atoms with E-state index in [9.17, 15) is 9.59 Å². The van der Waals surface area contributed by atoms with E-state index >= 15 is 0 Å². The molecule has 3 N–H and O–H groups in total. The number of piperidine rings is 1. The molecule has 1 unspecified atom stereocenters. The number of aliphatic imine (C=N–C) groups is 1. The number of hydrogen-bond donors (Lipinski definition) is 3. The third-order valence-electron chi connectivity index (χ3n) is 5.37. The van der Waals surface area contributed by atoms with Crippen LogP contribution in [0.1, 0.15) is 32.3 Å². The highest BCUT2D eigenvalue weighted by molar-refractivity contribution is 14.0. The number of guanidine groups is 1. The zero-order valence-electron chi connectivity index (χ0n) is 16.7. The molecular weight excluding hydrogens is 473 g/mol. The maximum Gasteiger partial charge on any atom is 0.322 e. The van der Waals surface area contributed by atoms with E-state index in [1.807, 2.05) is 30.9 Å². The molecule has 0 radical (unpaired) electrons. The molecule has 0 aliphatic carbocycles. The molecule has 2 aliphatic rings. The molecule has 1 aromatic rings. The molecule has 2 fully saturated rings. The summed E-state index contributed by atoms with van der Waals surface area (Å²) in [4.78, 5) is 30.6. The summed E-state index contributed by atoms with van der Waals surface area (Å²) in [5.41, 5.74) is 0.334. The van der Waals surface area contributed by atoms with Gasteiger partial charge in [-0.1, -0.05) is 0 Å². The Balaban J connectivity index is 0.00000280. The van der Waals surface area contributed by atoms with Crippen molar-refractivity contribution in [3.63, 3.8) is 0 Å². The molecule has 2 saturated heterocycles. The SMILES string of the molecule is CCNC(=NCCn1cc(C)cn1)N1CCC(C2(C)NC(=O)NC2=O)CC1.I. The monoisotopic (exact) mass is 503 g/mol. The molecule has 0 spiro atoms. The third-order valence-corrected chi connectivity index (χ3v) is 5.37. The highest BCUT2D eigenvalue weighted by Crippen LogP contribution is 2.30. The molecule has 0 aromatic carbocycles. The summed E-state index contributed by atoms with van der Waals surface area (Å²) >= 11 is 0. The molecule has 9 nitrogen and oxygen atoms in total. The Morgan fingerprint density at radius 1 is 1.39 bits per heavy atom. The van der Waals surface area contributed by atoms with Crippen molar-refractivity contribution in [3.05, 3.63) is 18.0 Å². The normalized spacial score (nSPS) is 23.2. The van der Waals surface area contributed by atoms with E-state index < -0.39 is 11.6 Å². The molecule has 0 bridgehead atoms. The average molecular weight is 503 g/mol. The number of rotatable bonds is 5. The standard InChI is InChI=1S/C18H29N7O2.HI/c1-4-19-16(20-7-10-25-12-13(2)11-21-25)24-8-5-14(6-9-24)18(3)15(26)22-17(27)23-18;/h11-12,14H,4-10H2,1-3H3,(H,19,20)(H2,22,23,26,27);1H. The van der Waals surface area contributed by atoms with Crippen molar-refractivity contribution in [1.29, 1.82) is 0 Å². The van der Waals surface area contributed by atoms with Gasteiger partial charge in [-0.05, 0) is 45.1 Å². The van der Waals surface area contributed by atoms with Crippen molar-refractivity contribution in [1.82, 2.24) is 30.6 Å². The van der Waals surface area contributed by atoms with Gasteiger partial charge in [0.15, 0.2) is 5.96 Å². The van der Waals surface area contributed by atoms with Gasteiger partial charge in [-0.15, -0.1) is 24.0 Å². The largest absolute Gasteiger partial charge is 0.357 e. The lowest BCUT2D eigenvalue weighted by molar-refractivity contribution is -0.125. The van der Waals surface area contributed by atoms with Crippen molar-refractivity contribution >= 4 is 41.9 Å². The van der Waals surface area contributed by atoms with E-state index in [1.165, 1.54) is 0 Å². The lowest BCUT2D eigenvalue weighted by Gasteiger charge is -2.39. The summed E-state index contributed by atoms with van der Waals surface area (Å²) in [5.74, 6) is 0.793. The van der Waals surface area contributed by atoms with Gasteiger partial charge in [0.25, 0.3) is 5.91 Å². The number of aryl methyl sites for hydroxylation is 1. The fourth-order valence-electron chi connectivity index (χ4n) is 3.79. The Hall–Kier alpha value is -1.85. The Labute approximate surface area is 182 Å². The maximum absolute atomic E-state index is 12.1. The maximum atomic E-state index is 12.1. The van der Waals surface area contributed by atoms with Crippen molar-refractivity contribution in [2.75, 3.05) is 26.2 Å². The van der Waals surface area contributed by atoms with E-state index in [2.05, 4.69) is 32.9 Å². The Morgan fingerprint density at radius 3 is 2.64 bits per heavy atom. The summed E-state index contributed by atoms with van der Waals surface area (Å²) < 4.78 is 1.90. The number of nitrogens with one attached hydrogen (secondary N) is 3. The number of carbonyl (C=O) groups excluding carboxylic acids is 2. The van der Waals surface area contributed by atoms with Gasteiger partial charge < -0.3 is 15.5 Å². The summed E-state index contributed by atoms with van der Waals surface area (Å²) in [5, 5.41) is 12.8. The van der Waals surface area contributed by atoms with Crippen molar-refractivity contribution < 1.29 is 9.59 Å². The van der Waals surface area contributed by atoms with Gasteiger partial charge in [-0.3, -0.25) is 19.8 Å². The number of nitrogens with zero attached hydrogens (tertiary/aromatic N) is 4. The minimum atomic E-state index is -0.809. The Kier molecular flexibility index (Phi) is 7.67. The van der Waals surface area contributed by atoms with Crippen LogP contribution in [-0.4, -0.2) is 64.3 Å². The molecule has 2 aliphatic heterocycles. The van der Waals surface area contributed by atoms with Crippen LogP contribution >= 0.6 is 24.0 Å². The number of urea groups is 1. The van der Waals surface area contributed by atoms with Crippen LogP contribution < -0.4 is 16.0 Å². The van der Waals surface area contributed by atoms with Gasteiger partial charge in [0.05, 0.1) is 19.3 Å². The first-order valence-corrected chi connectivity index (χ1v) is 9.58. The molecule has 3 amide bonds. The molecule has 0 saturated carbocycles. The number of carbonyl (C=O) groups is 2. The Morgan fingerprint density at radius 2 is 2.11 bits per heavy atom. The predicted molar refractivity (Wildman–Crippen MR) is 118 cm³/mol. The quantitative estimate of drug-likeness (QED) is 0.242. The zero-order chi connectivity index (χ0) is 19.4. The number of hydrogen-bond acceptors (Lipinski definition) is 4. The molecule has 3 rings (SSSR count). The van der Waals surface area contributed by atoms with Crippen LogP contribution in [-0.2, 0) is 11.3 Å². The van der Waals surface area contributed by atoms with Gasteiger partial charge in [-0.2, -0.15) is 5.10 Å². The highest BCUT2D eigenvalue weighted by atomic mass is 127. The van der Waals surface area contributed by atoms with Crippen LogP contribution in [0.3, 0.4) is 0 Å².